The molecule has 0 amide bonds. The van der Waals surface area contributed by atoms with Crippen LogP contribution >= 0.6 is 15.9 Å². The van der Waals surface area contributed by atoms with Gasteiger partial charge in [0.05, 0.1) is 5.52 Å². The third-order valence-electron chi connectivity index (χ3n) is 1.64. The molecule has 0 radical (unpaired) electrons. The summed E-state index contributed by atoms with van der Waals surface area (Å²) in [5.41, 5.74) is 0.877. The molecule has 0 bridgehead atoms. The summed E-state index contributed by atoms with van der Waals surface area (Å²) >= 11 is 3.28. The summed E-state index contributed by atoms with van der Waals surface area (Å²) in [6, 6.07) is 8.86. The Kier molecular flexibility index (Phi) is 1.73. The van der Waals surface area contributed by atoms with Gasteiger partial charge >= 0.3 is 0 Å². The van der Waals surface area contributed by atoms with Gasteiger partial charge in [0.25, 0.3) is 0 Å². The molecule has 2 nitrogen and oxygen atoms in total. The van der Waals surface area contributed by atoms with E-state index in [-0.39, 0.29) is 5.75 Å². The largest absolute Gasteiger partial charge is 0.508 e. The molecular formula is C9H6BrNO. The van der Waals surface area contributed by atoms with Crippen LogP contribution in [0.25, 0.3) is 10.9 Å². The van der Waals surface area contributed by atoms with Crippen LogP contribution in [0, 0.1) is 0 Å². The molecular weight excluding hydrogens is 218 g/mol. The summed E-state index contributed by atoms with van der Waals surface area (Å²) in [5, 5.41) is 10.1. The minimum atomic E-state index is 0.270. The van der Waals surface area contributed by atoms with E-state index in [4.69, 9.17) is 5.11 Å². The highest BCUT2D eigenvalue weighted by molar-refractivity contribution is 9.10. The first kappa shape index (κ1) is 7.55. The summed E-state index contributed by atoms with van der Waals surface area (Å²) in [6.45, 7) is 0. The fraction of sp³-hybridized carbons (Fsp3) is 0. The molecule has 0 aliphatic heterocycles. The van der Waals surface area contributed by atoms with Crippen molar-refractivity contribution in [1.29, 1.82) is 0 Å². The highest BCUT2D eigenvalue weighted by atomic mass is 79.9. The molecule has 12 heavy (non-hydrogen) atoms. The molecule has 1 aromatic heterocycles. The normalized spacial score (nSPS) is 10.4. The van der Waals surface area contributed by atoms with Gasteiger partial charge in [-0.1, -0.05) is 0 Å². The van der Waals surface area contributed by atoms with Gasteiger partial charge in [-0.05, 0) is 46.3 Å². The molecule has 0 spiro atoms. The van der Waals surface area contributed by atoms with Crippen LogP contribution in [-0.4, -0.2) is 10.1 Å². The molecule has 0 fully saturated rings. The van der Waals surface area contributed by atoms with E-state index in [1.165, 1.54) is 0 Å². The molecule has 3 heteroatoms. The van der Waals surface area contributed by atoms with E-state index >= 15 is 0 Å². The van der Waals surface area contributed by atoms with Crippen molar-refractivity contribution in [2.75, 3.05) is 0 Å². The first-order valence-corrected chi connectivity index (χ1v) is 4.30. The lowest BCUT2D eigenvalue weighted by atomic mass is 10.2. The molecule has 0 aliphatic rings. The number of fused-ring (bicyclic) bond motifs is 1. The Morgan fingerprint density at radius 2 is 2.00 bits per heavy atom. The molecule has 1 heterocycles. The number of aromatic hydroxyl groups is 1. The van der Waals surface area contributed by atoms with E-state index < -0.39 is 0 Å². The standard InChI is InChI=1S/C9H6BrNO/c10-9-4-1-6-5-7(12)2-3-8(6)11-9/h1-5,12H. The lowest BCUT2D eigenvalue weighted by Crippen LogP contribution is -1.78. The van der Waals surface area contributed by atoms with E-state index in [0.29, 0.717) is 0 Å². The number of nitrogens with zero attached hydrogens (tertiary/aromatic N) is 1. The first-order chi connectivity index (χ1) is 5.75. The second-order valence-corrected chi connectivity index (χ2v) is 3.32. The minimum Gasteiger partial charge on any atom is -0.508 e. The fourth-order valence-electron chi connectivity index (χ4n) is 1.09. The minimum absolute atomic E-state index is 0.270. The highest BCUT2D eigenvalue weighted by Gasteiger charge is 1.96. The molecule has 0 atom stereocenters. The monoisotopic (exact) mass is 223 g/mol. The van der Waals surface area contributed by atoms with Crippen molar-refractivity contribution >= 4 is 26.8 Å². The molecule has 2 aromatic rings. The number of pyridine rings is 1. The van der Waals surface area contributed by atoms with Crippen molar-refractivity contribution in [3.8, 4) is 5.75 Å². The molecule has 0 saturated carbocycles. The van der Waals surface area contributed by atoms with Gasteiger partial charge in [0.2, 0.25) is 0 Å². The maximum Gasteiger partial charge on any atom is 0.116 e. The van der Waals surface area contributed by atoms with Crippen molar-refractivity contribution in [3.63, 3.8) is 0 Å². The summed E-state index contributed by atoms with van der Waals surface area (Å²) in [6.07, 6.45) is 0. The van der Waals surface area contributed by atoms with Crippen molar-refractivity contribution < 1.29 is 5.11 Å². The van der Waals surface area contributed by atoms with E-state index in [2.05, 4.69) is 20.9 Å². The number of aromatic nitrogens is 1. The third-order valence-corrected chi connectivity index (χ3v) is 2.08. The van der Waals surface area contributed by atoms with Crippen molar-refractivity contribution in [1.82, 2.24) is 4.98 Å². The lowest BCUT2D eigenvalue weighted by Gasteiger charge is -1.97. The van der Waals surface area contributed by atoms with Crippen LogP contribution in [0.15, 0.2) is 34.9 Å². The molecule has 0 saturated heterocycles. The van der Waals surface area contributed by atoms with Gasteiger partial charge in [0.15, 0.2) is 0 Å². The quantitative estimate of drug-likeness (QED) is 0.698. The van der Waals surface area contributed by atoms with Crippen LogP contribution in [0.5, 0.6) is 5.75 Å². The van der Waals surface area contributed by atoms with Crippen LogP contribution in [0.4, 0.5) is 0 Å². The Balaban J connectivity index is 2.79. The molecule has 2 rings (SSSR count). The lowest BCUT2D eigenvalue weighted by molar-refractivity contribution is 0.476. The van der Waals surface area contributed by atoms with Gasteiger partial charge in [-0.2, -0.15) is 0 Å². The number of phenolic OH excluding ortho intramolecular Hbond substituents is 1. The number of rotatable bonds is 0. The van der Waals surface area contributed by atoms with Crippen molar-refractivity contribution in [2.45, 2.75) is 0 Å². The van der Waals surface area contributed by atoms with Crippen LogP contribution in [-0.2, 0) is 0 Å². The fourth-order valence-corrected chi connectivity index (χ4v) is 1.41. The smallest absolute Gasteiger partial charge is 0.116 e. The number of hydrogen-bond donors (Lipinski definition) is 1. The second kappa shape index (κ2) is 2.75. The Morgan fingerprint density at radius 1 is 1.17 bits per heavy atom. The predicted molar refractivity (Wildman–Crippen MR) is 51.1 cm³/mol. The Bertz CT molecular complexity index is 387. The third kappa shape index (κ3) is 1.28. The summed E-state index contributed by atoms with van der Waals surface area (Å²) in [5.74, 6) is 0.270. The van der Waals surface area contributed by atoms with E-state index in [0.717, 1.165) is 15.5 Å². The van der Waals surface area contributed by atoms with Crippen molar-refractivity contribution in [3.05, 3.63) is 34.9 Å². The number of hydrogen-bond acceptors (Lipinski definition) is 2. The van der Waals surface area contributed by atoms with Gasteiger partial charge in [-0.3, -0.25) is 0 Å². The summed E-state index contributed by atoms with van der Waals surface area (Å²) in [7, 11) is 0. The van der Waals surface area contributed by atoms with E-state index in [1.54, 1.807) is 18.2 Å². The molecule has 0 unspecified atom stereocenters. The van der Waals surface area contributed by atoms with Gasteiger partial charge in [-0.25, -0.2) is 4.98 Å². The van der Waals surface area contributed by atoms with Crippen LogP contribution in [0.3, 0.4) is 0 Å². The molecule has 1 aromatic carbocycles. The number of halogens is 1. The molecule has 60 valence electrons. The second-order valence-electron chi connectivity index (χ2n) is 2.51. The molecule has 0 aliphatic carbocycles. The summed E-state index contributed by atoms with van der Waals surface area (Å²) < 4.78 is 0.806. The van der Waals surface area contributed by atoms with Gasteiger partial charge in [-0.15, -0.1) is 0 Å². The Labute approximate surface area is 78.0 Å². The Morgan fingerprint density at radius 3 is 2.83 bits per heavy atom. The van der Waals surface area contributed by atoms with Gasteiger partial charge in [0.1, 0.15) is 10.4 Å². The van der Waals surface area contributed by atoms with Gasteiger partial charge < -0.3 is 5.11 Å². The first-order valence-electron chi connectivity index (χ1n) is 3.51. The van der Waals surface area contributed by atoms with Crippen LogP contribution < -0.4 is 0 Å². The average molecular weight is 224 g/mol. The summed E-state index contributed by atoms with van der Waals surface area (Å²) in [4.78, 5) is 4.22. The zero-order chi connectivity index (χ0) is 8.55. The SMILES string of the molecule is Oc1ccc2nc(Br)ccc2c1. The zero-order valence-electron chi connectivity index (χ0n) is 6.16. The van der Waals surface area contributed by atoms with Gasteiger partial charge in [0, 0.05) is 5.39 Å². The maximum atomic E-state index is 9.16. The average Bonchev–Trinajstić information content (AvgIpc) is 2.05. The van der Waals surface area contributed by atoms with Crippen LogP contribution in [0.1, 0.15) is 0 Å². The maximum absolute atomic E-state index is 9.16. The van der Waals surface area contributed by atoms with E-state index in [9.17, 15) is 0 Å². The zero-order valence-corrected chi connectivity index (χ0v) is 7.75. The number of phenols is 1. The topological polar surface area (TPSA) is 33.1 Å². The number of benzene rings is 1. The predicted octanol–water partition coefficient (Wildman–Crippen LogP) is 2.70. The van der Waals surface area contributed by atoms with E-state index in [1.807, 2.05) is 12.1 Å². The van der Waals surface area contributed by atoms with Crippen molar-refractivity contribution in [2.24, 2.45) is 0 Å². The van der Waals surface area contributed by atoms with Crippen LogP contribution in [0.2, 0.25) is 0 Å². The Hall–Kier alpha value is -1.09. The highest BCUT2D eigenvalue weighted by Crippen LogP contribution is 2.19. The molecule has 1 N–H and O–H groups in total.